The molecule has 0 fully saturated rings. The molecule has 2 aromatic carbocycles. The number of hydrogen-bond acceptors (Lipinski definition) is 3. The summed E-state index contributed by atoms with van der Waals surface area (Å²) in [7, 11) is -3.48. The van der Waals surface area contributed by atoms with Gasteiger partial charge >= 0.3 is 18.9 Å². The summed E-state index contributed by atoms with van der Waals surface area (Å²) in [5.41, 5.74) is 0. The Morgan fingerprint density at radius 3 is 2.53 bits per heavy atom. The van der Waals surface area contributed by atoms with E-state index in [1.807, 2.05) is 0 Å². The standard InChI is InChI=1S/C12H7O3S.Li/c13-16(14)11-7-3-1-5-9(11)15-10-6-2-4-8-12(10)16;/h1-7H;/q-1;+1. The normalized spacial score (nSPS) is 14.8. The maximum atomic E-state index is 12.2. The predicted molar refractivity (Wildman–Crippen MR) is 57.2 cm³/mol. The van der Waals surface area contributed by atoms with Crippen molar-refractivity contribution in [1.29, 1.82) is 0 Å². The summed E-state index contributed by atoms with van der Waals surface area (Å²) < 4.78 is 29.9. The van der Waals surface area contributed by atoms with Gasteiger partial charge in [0, 0.05) is 10.6 Å². The van der Waals surface area contributed by atoms with Crippen LogP contribution in [0.1, 0.15) is 0 Å². The van der Waals surface area contributed by atoms with E-state index in [0.717, 1.165) is 0 Å². The number of benzene rings is 2. The van der Waals surface area contributed by atoms with Crippen LogP contribution < -0.4 is 23.6 Å². The van der Waals surface area contributed by atoms with Crippen LogP contribution in [0.3, 0.4) is 0 Å². The minimum absolute atomic E-state index is 0. The molecule has 1 heterocycles. The van der Waals surface area contributed by atoms with Gasteiger partial charge in [0.2, 0.25) is 0 Å². The molecule has 17 heavy (non-hydrogen) atoms. The monoisotopic (exact) mass is 238 g/mol. The van der Waals surface area contributed by atoms with Crippen LogP contribution in [0.5, 0.6) is 11.5 Å². The summed E-state index contributed by atoms with van der Waals surface area (Å²) in [6.07, 6.45) is 0. The number of ether oxygens (including phenoxy) is 1. The number of para-hydroxylation sites is 1. The number of rotatable bonds is 0. The maximum absolute atomic E-state index is 12.2. The summed E-state index contributed by atoms with van der Waals surface area (Å²) >= 11 is 0. The van der Waals surface area contributed by atoms with Crippen LogP contribution in [-0.4, -0.2) is 8.42 Å². The van der Waals surface area contributed by atoms with Crippen LogP contribution in [0.25, 0.3) is 0 Å². The maximum Gasteiger partial charge on any atom is 1.00 e. The van der Waals surface area contributed by atoms with Gasteiger partial charge in [0.25, 0.3) is 0 Å². The van der Waals surface area contributed by atoms with E-state index in [1.54, 1.807) is 36.4 Å². The SMILES string of the molecule is O=S1(=O)c2[c-]cccc2Oc2ccccc21.[Li+]. The zero-order valence-electron chi connectivity index (χ0n) is 9.17. The molecule has 80 valence electrons. The van der Waals surface area contributed by atoms with Gasteiger partial charge < -0.3 is 4.74 Å². The zero-order valence-corrected chi connectivity index (χ0v) is 9.99. The Bertz CT molecular complexity index is 613. The largest absolute Gasteiger partial charge is 1.00 e. The second kappa shape index (κ2) is 4.23. The molecule has 0 N–H and O–H groups in total. The Labute approximate surface area is 112 Å². The Hall–Kier alpha value is -1.21. The Kier molecular flexibility index (Phi) is 3.05. The minimum atomic E-state index is -3.48. The van der Waals surface area contributed by atoms with E-state index in [1.165, 1.54) is 6.07 Å². The van der Waals surface area contributed by atoms with Crippen LogP contribution in [0.4, 0.5) is 0 Å². The van der Waals surface area contributed by atoms with Crippen molar-refractivity contribution in [3.63, 3.8) is 0 Å². The molecule has 0 aromatic heterocycles. The molecule has 0 spiro atoms. The van der Waals surface area contributed by atoms with Gasteiger partial charge in [-0.3, -0.25) is 0 Å². The molecule has 0 unspecified atom stereocenters. The van der Waals surface area contributed by atoms with E-state index < -0.39 is 9.84 Å². The van der Waals surface area contributed by atoms with Crippen molar-refractivity contribution < 1.29 is 32.0 Å². The van der Waals surface area contributed by atoms with E-state index in [2.05, 4.69) is 6.07 Å². The summed E-state index contributed by atoms with van der Waals surface area (Å²) in [6.45, 7) is 0. The first kappa shape index (κ1) is 12.2. The van der Waals surface area contributed by atoms with Gasteiger partial charge in [0.05, 0.1) is 0 Å². The molecule has 0 atom stereocenters. The van der Waals surface area contributed by atoms with Gasteiger partial charge in [0.15, 0.2) is 9.84 Å². The molecule has 0 aliphatic carbocycles. The van der Waals surface area contributed by atoms with E-state index in [-0.39, 0.29) is 28.7 Å². The summed E-state index contributed by atoms with van der Waals surface area (Å²) in [5, 5.41) is 0. The third kappa shape index (κ3) is 1.79. The van der Waals surface area contributed by atoms with Crippen LogP contribution in [0.2, 0.25) is 0 Å². The summed E-state index contributed by atoms with van der Waals surface area (Å²) in [5.74, 6) is 0.704. The number of fused-ring (bicyclic) bond motifs is 2. The molecule has 0 saturated carbocycles. The van der Waals surface area contributed by atoms with Crippen LogP contribution >= 0.6 is 0 Å². The van der Waals surface area contributed by atoms with Crippen LogP contribution in [0.15, 0.2) is 52.3 Å². The third-order valence-corrected chi connectivity index (χ3v) is 4.18. The molecule has 2 aromatic rings. The van der Waals surface area contributed by atoms with Crippen LogP contribution in [-0.2, 0) is 9.84 Å². The van der Waals surface area contributed by atoms with E-state index in [0.29, 0.717) is 11.5 Å². The molecule has 1 aliphatic rings. The molecule has 0 saturated heterocycles. The van der Waals surface area contributed by atoms with Crippen molar-refractivity contribution in [2.24, 2.45) is 0 Å². The third-order valence-electron chi connectivity index (χ3n) is 2.41. The Balaban J connectivity index is 0.00000108. The molecule has 5 heteroatoms. The van der Waals surface area contributed by atoms with Gasteiger partial charge in [-0.05, 0) is 12.1 Å². The van der Waals surface area contributed by atoms with Gasteiger partial charge in [-0.1, -0.05) is 12.1 Å². The zero-order chi connectivity index (χ0) is 11.2. The number of hydrogen-bond donors (Lipinski definition) is 0. The minimum Gasteiger partial charge on any atom is -0.514 e. The predicted octanol–water partition coefficient (Wildman–Crippen LogP) is -0.571. The van der Waals surface area contributed by atoms with Crippen molar-refractivity contribution in [1.82, 2.24) is 0 Å². The van der Waals surface area contributed by atoms with Gasteiger partial charge in [-0.25, -0.2) is 8.42 Å². The summed E-state index contributed by atoms with van der Waals surface area (Å²) in [4.78, 5) is 0.304. The van der Waals surface area contributed by atoms with Gasteiger partial charge in [-0.15, -0.1) is 6.07 Å². The van der Waals surface area contributed by atoms with Crippen molar-refractivity contribution in [2.45, 2.75) is 9.79 Å². The topological polar surface area (TPSA) is 43.4 Å². The van der Waals surface area contributed by atoms with E-state index in [9.17, 15) is 8.42 Å². The molecule has 0 bridgehead atoms. The van der Waals surface area contributed by atoms with Gasteiger partial charge in [0.1, 0.15) is 10.6 Å². The molecular weight excluding hydrogens is 231 g/mol. The average Bonchev–Trinajstić information content (AvgIpc) is 2.29. The van der Waals surface area contributed by atoms with Crippen molar-refractivity contribution in [3.05, 3.63) is 48.5 Å². The fraction of sp³-hybridized carbons (Fsp3) is 0. The molecule has 3 nitrogen and oxygen atoms in total. The van der Waals surface area contributed by atoms with Crippen LogP contribution in [0, 0.1) is 6.07 Å². The summed E-state index contributed by atoms with van der Waals surface area (Å²) in [6, 6.07) is 14.2. The quantitative estimate of drug-likeness (QED) is 0.389. The fourth-order valence-corrected chi connectivity index (χ4v) is 3.13. The first-order chi connectivity index (χ1) is 7.69. The van der Waals surface area contributed by atoms with Crippen molar-refractivity contribution >= 4 is 9.84 Å². The fourth-order valence-electron chi connectivity index (χ4n) is 1.68. The number of sulfone groups is 1. The van der Waals surface area contributed by atoms with E-state index >= 15 is 0 Å². The van der Waals surface area contributed by atoms with Gasteiger partial charge in [-0.2, -0.15) is 18.2 Å². The first-order valence-electron chi connectivity index (χ1n) is 4.72. The van der Waals surface area contributed by atoms with Crippen molar-refractivity contribution in [2.75, 3.05) is 0 Å². The molecule has 1 aliphatic heterocycles. The smallest absolute Gasteiger partial charge is 0.514 e. The second-order valence-electron chi connectivity index (χ2n) is 3.42. The molecule has 0 radical (unpaired) electrons. The molecular formula is C12H7LiO3S. The average molecular weight is 238 g/mol. The second-order valence-corrected chi connectivity index (χ2v) is 5.27. The van der Waals surface area contributed by atoms with E-state index in [4.69, 9.17) is 4.74 Å². The van der Waals surface area contributed by atoms with Crippen molar-refractivity contribution in [3.8, 4) is 11.5 Å². The first-order valence-corrected chi connectivity index (χ1v) is 6.20. The Morgan fingerprint density at radius 2 is 1.71 bits per heavy atom. The molecule has 0 amide bonds. The molecule has 3 rings (SSSR count). The Morgan fingerprint density at radius 1 is 1.00 bits per heavy atom.